The summed E-state index contributed by atoms with van der Waals surface area (Å²) >= 11 is 0. The van der Waals surface area contributed by atoms with Gasteiger partial charge in [-0.3, -0.25) is 24.5 Å². The average molecular weight is 458 g/mol. The van der Waals surface area contributed by atoms with Crippen LogP contribution in [0, 0.1) is 16.0 Å². The number of nitrogens with zero attached hydrogens (tertiary/aromatic N) is 1. The van der Waals surface area contributed by atoms with E-state index in [2.05, 4.69) is 16.0 Å². The fourth-order valence-corrected chi connectivity index (χ4v) is 2.74. The quantitative estimate of drug-likeness (QED) is 0.281. The monoisotopic (exact) mass is 458 g/mol. The van der Waals surface area contributed by atoms with Gasteiger partial charge in [-0.05, 0) is 24.3 Å². The molecule has 11 heteroatoms. The highest BCUT2D eigenvalue weighted by atomic mass is 16.6. The number of nitro benzene ring substituents is 1. The molecule has 33 heavy (non-hydrogen) atoms. The summed E-state index contributed by atoms with van der Waals surface area (Å²) in [6.45, 7) is 3.69. The zero-order valence-electron chi connectivity index (χ0n) is 18.8. The third-order valence-corrected chi connectivity index (χ3v) is 4.58. The predicted octanol–water partition coefficient (Wildman–Crippen LogP) is 2.37. The van der Waals surface area contributed by atoms with Crippen molar-refractivity contribution in [3.05, 3.63) is 57.6 Å². The molecule has 0 aliphatic heterocycles. The highest BCUT2D eigenvalue weighted by molar-refractivity contribution is 5.99. The molecule has 0 aromatic heterocycles. The lowest BCUT2D eigenvalue weighted by Gasteiger charge is -2.11. The number of amides is 3. The molecule has 0 heterocycles. The van der Waals surface area contributed by atoms with E-state index in [-0.39, 0.29) is 47.9 Å². The van der Waals surface area contributed by atoms with E-state index in [1.807, 2.05) is 0 Å². The van der Waals surface area contributed by atoms with E-state index >= 15 is 0 Å². The highest BCUT2D eigenvalue weighted by Crippen LogP contribution is 2.34. The van der Waals surface area contributed by atoms with Gasteiger partial charge in [-0.2, -0.15) is 0 Å². The molecule has 2 aromatic carbocycles. The van der Waals surface area contributed by atoms with E-state index < -0.39 is 16.5 Å². The molecule has 0 bridgehead atoms. The van der Waals surface area contributed by atoms with Gasteiger partial charge in [0, 0.05) is 36.3 Å². The van der Waals surface area contributed by atoms with Crippen LogP contribution in [0.2, 0.25) is 0 Å². The van der Waals surface area contributed by atoms with Gasteiger partial charge in [-0.15, -0.1) is 0 Å². The number of anilines is 1. The van der Waals surface area contributed by atoms with Crippen molar-refractivity contribution in [3.8, 4) is 11.5 Å². The van der Waals surface area contributed by atoms with Gasteiger partial charge in [0.1, 0.15) is 5.56 Å². The first-order chi connectivity index (χ1) is 15.7. The summed E-state index contributed by atoms with van der Waals surface area (Å²) in [5, 5.41) is 19.2. The minimum absolute atomic E-state index is 0.0403. The number of rotatable bonds is 10. The molecule has 11 nitrogen and oxygen atoms in total. The van der Waals surface area contributed by atoms with E-state index in [1.165, 1.54) is 20.3 Å². The lowest BCUT2D eigenvalue weighted by molar-refractivity contribution is -0.385. The Kier molecular flexibility index (Phi) is 8.72. The molecule has 0 fully saturated rings. The molecule has 0 atom stereocenters. The topological polar surface area (TPSA) is 149 Å². The summed E-state index contributed by atoms with van der Waals surface area (Å²) in [4.78, 5) is 47.1. The van der Waals surface area contributed by atoms with Crippen LogP contribution in [0.15, 0.2) is 36.4 Å². The Morgan fingerprint density at radius 2 is 1.48 bits per heavy atom. The Balaban J connectivity index is 1.93. The minimum atomic E-state index is -0.692. The lowest BCUT2D eigenvalue weighted by Crippen LogP contribution is -2.35. The molecule has 0 unspecified atom stereocenters. The Hall–Kier alpha value is -4.15. The van der Waals surface area contributed by atoms with Crippen LogP contribution in [0.25, 0.3) is 0 Å². The van der Waals surface area contributed by atoms with Crippen molar-refractivity contribution in [2.24, 2.45) is 5.92 Å². The zero-order chi connectivity index (χ0) is 24.5. The molecule has 2 aromatic rings. The summed E-state index contributed by atoms with van der Waals surface area (Å²) in [7, 11) is 2.69. The van der Waals surface area contributed by atoms with Crippen LogP contribution in [0.4, 0.5) is 11.4 Å². The maximum Gasteiger partial charge on any atom is 0.286 e. The second kappa shape index (κ2) is 11.5. The van der Waals surface area contributed by atoms with Gasteiger partial charge < -0.3 is 25.4 Å². The number of methoxy groups -OCH3 is 2. The third kappa shape index (κ3) is 6.66. The Morgan fingerprint density at radius 1 is 0.939 bits per heavy atom. The van der Waals surface area contributed by atoms with Gasteiger partial charge in [0.2, 0.25) is 5.91 Å². The SMILES string of the molecule is COc1cc(C(=O)NCCNC(=O)c2ccc(NC(=O)C(C)C)cc2)c([N+](=O)[O-])cc1OC. The average Bonchev–Trinajstić information content (AvgIpc) is 2.80. The molecule has 0 radical (unpaired) electrons. The molecule has 3 amide bonds. The fourth-order valence-electron chi connectivity index (χ4n) is 2.74. The first-order valence-electron chi connectivity index (χ1n) is 10.1. The molecule has 0 aliphatic rings. The lowest BCUT2D eigenvalue weighted by atomic mass is 10.1. The largest absolute Gasteiger partial charge is 0.493 e. The van der Waals surface area contributed by atoms with E-state index in [0.29, 0.717) is 11.3 Å². The van der Waals surface area contributed by atoms with Crippen LogP contribution in [0.5, 0.6) is 11.5 Å². The maximum atomic E-state index is 12.5. The summed E-state index contributed by atoms with van der Waals surface area (Å²) in [6, 6.07) is 8.71. The van der Waals surface area contributed by atoms with Crippen LogP contribution in [-0.4, -0.2) is 50.0 Å². The molecule has 176 valence electrons. The van der Waals surface area contributed by atoms with Gasteiger partial charge in [-0.1, -0.05) is 13.8 Å². The number of ether oxygens (including phenoxy) is 2. The van der Waals surface area contributed by atoms with E-state index in [1.54, 1.807) is 38.1 Å². The van der Waals surface area contributed by atoms with Crippen molar-refractivity contribution in [1.82, 2.24) is 10.6 Å². The summed E-state index contributed by atoms with van der Waals surface area (Å²) in [5.41, 5.74) is 0.329. The van der Waals surface area contributed by atoms with Crippen molar-refractivity contribution in [2.75, 3.05) is 32.6 Å². The normalized spacial score (nSPS) is 10.3. The molecule has 0 aliphatic carbocycles. The number of nitro groups is 1. The second-order valence-corrected chi connectivity index (χ2v) is 7.21. The summed E-state index contributed by atoms with van der Waals surface area (Å²) < 4.78 is 10.1. The number of nitrogens with one attached hydrogen (secondary N) is 3. The highest BCUT2D eigenvalue weighted by Gasteiger charge is 2.24. The van der Waals surface area contributed by atoms with E-state index in [4.69, 9.17) is 9.47 Å². The van der Waals surface area contributed by atoms with Crippen molar-refractivity contribution < 1.29 is 28.8 Å². The van der Waals surface area contributed by atoms with Crippen molar-refractivity contribution in [1.29, 1.82) is 0 Å². The van der Waals surface area contributed by atoms with Crippen molar-refractivity contribution in [2.45, 2.75) is 13.8 Å². The van der Waals surface area contributed by atoms with Gasteiger partial charge in [0.15, 0.2) is 11.5 Å². The molecule has 0 spiro atoms. The number of hydrogen-bond donors (Lipinski definition) is 3. The summed E-state index contributed by atoms with van der Waals surface area (Å²) in [5.74, 6) is -1.05. The zero-order valence-corrected chi connectivity index (χ0v) is 18.8. The van der Waals surface area contributed by atoms with Crippen molar-refractivity contribution >= 4 is 29.1 Å². The van der Waals surface area contributed by atoms with Crippen LogP contribution in [0.1, 0.15) is 34.6 Å². The maximum absolute atomic E-state index is 12.5. The van der Waals surface area contributed by atoms with Crippen LogP contribution < -0.4 is 25.4 Å². The molecule has 3 N–H and O–H groups in total. The number of hydrogen-bond acceptors (Lipinski definition) is 7. The molecule has 0 saturated carbocycles. The molecule has 0 saturated heterocycles. The Morgan fingerprint density at radius 3 is 2.00 bits per heavy atom. The van der Waals surface area contributed by atoms with Crippen molar-refractivity contribution in [3.63, 3.8) is 0 Å². The number of carbonyl (C=O) groups is 3. The van der Waals surface area contributed by atoms with Gasteiger partial charge in [0.25, 0.3) is 17.5 Å². The molecular formula is C22H26N4O7. The fraction of sp³-hybridized carbons (Fsp3) is 0.318. The molecular weight excluding hydrogens is 432 g/mol. The van der Waals surface area contributed by atoms with Crippen LogP contribution >= 0.6 is 0 Å². The molecule has 2 rings (SSSR count). The standard InChI is InChI=1S/C22H26N4O7/c1-13(2)20(27)25-15-7-5-14(6-8-15)21(28)23-9-10-24-22(29)16-11-18(32-3)19(33-4)12-17(16)26(30)31/h5-8,11-13H,9-10H2,1-4H3,(H,23,28)(H,24,29)(H,25,27). The van der Waals surface area contributed by atoms with Crippen LogP contribution in [-0.2, 0) is 4.79 Å². The first-order valence-corrected chi connectivity index (χ1v) is 10.1. The van der Waals surface area contributed by atoms with E-state index in [0.717, 1.165) is 6.07 Å². The summed E-state index contributed by atoms with van der Waals surface area (Å²) in [6.07, 6.45) is 0. The smallest absolute Gasteiger partial charge is 0.286 e. The second-order valence-electron chi connectivity index (χ2n) is 7.21. The Labute approximate surface area is 190 Å². The third-order valence-electron chi connectivity index (χ3n) is 4.58. The van der Waals surface area contributed by atoms with E-state index in [9.17, 15) is 24.5 Å². The number of carbonyl (C=O) groups excluding carboxylic acids is 3. The van der Waals surface area contributed by atoms with Gasteiger partial charge >= 0.3 is 0 Å². The van der Waals surface area contributed by atoms with Gasteiger partial charge in [-0.25, -0.2) is 0 Å². The number of benzene rings is 2. The Bertz CT molecular complexity index is 1040. The first kappa shape index (κ1) is 25.1. The predicted molar refractivity (Wildman–Crippen MR) is 121 cm³/mol. The van der Waals surface area contributed by atoms with Crippen LogP contribution in [0.3, 0.4) is 0 Å². The minimum Gasteiger partial charge on any atom is -0.493 e. The van der Waals surface area contributed by atoms with Gasteiger partial charge in [0.05, 0.1) is 25.2 Å².